The van der Waals surface area contributed by atoms with Crippen molar-refractivity contribution in [3.05, 3.63) is 52.8 Å². The van der Waals surface area contributed by atoms with Gasteiger partial charge in [0.2, 0.25) is 0 Å². The molecule has 61 heavy (non-hydrogen) atoms. The van der Waals surface area contributed by atoms with Crippen LogP contribution in [0.5, 0.6) is 23.0 Å². The molecular formula is C46H65N3O12. The van der Waals surface area contributed by atoms with Crippen molar-refractivity contribution in [2.24, 2.45) is 28.8 Å². The van der Waals surface area contributed by atoms with Gasteiger partial charge in [0.25, 0.3) is 11.7 Å². The largest absolute Gasteiger partial charge is 0.507 e. The van der Waals surface area contributed by atoms with E-state index in [-0.39, 0.29) is 44.5 Å². The van der Waals surface area contributed by atoms with Gasteiger partial charge in [0.05, 0.1) is 53.0 Å². The van der Waals surface area contributed by atoms with Crippen molar-refractivity contribution < 1.29 is 58.9 Å². The number of carbonyl (C=O) groups excluding carboxylic acids is 3. The van der Waals surface area contributed by atoms with Gasteiger partial charge in [-0.05, 0) is 32.8 Å². The maximum absolute atomic E-state index is 14.5. The summed E-state index contributed by atoms with van der Waals surface area (Å²) >= 11 is 0. The van der Waals surface area contributed by atoms with E-state index in [1.165, 1.54) is 59.4 Å². The third-order valence-electron chi connectivity index (χ3n) is 11.9. The predicted molar refractivity (Wildman–Crippen MR) is 233 cm³/mol. The van der Waals surface area contributed by atoms with Gasteiger partial charge in [0.1, 0.15) is 23.4 Å². The third-order valence-corrected chi connectivity index (χ3v) is 11.9. The van der Waals surface area contributed by atoms with Gasteiger partial charge in [0, 0.05) is 74.2 Å². The number of aliphatic hydroxyl groups is 2. The number of carbonyl (C=O) groups is 3. The smallest absolute Gasteiger partial charge is 0.312 e. The molecule has 3 aliphatic rings. The van der Waals surface area contributed by atoms with Gasteiger partial charge in [-0.25, -0.2) is 0 Å². The van der Waals surface area contributed by atoms with Crippen LogP contribution in [0.25, 0.3) is 10.8 Å². The monoisotopic (exact) mass is 851 g/mol. The zero-order chi connectivity index (χ0) is 45.5. The average molecular weight is 852 g/mol. The molecule has 6 N–H and O–H groups in total. The zero-order valence-corrected chi connectivity index (χ0v) is 37.3. The minimum atomic E-state index is -2.05. The second-order valence-electron chi connectivity index (χ2n) is 16.5. The van der Waals surface area contributed by atoms with Crippen molar-refractivity contribution >= 4 is 40.3 Å². The van der Waals surface area contributed by atoms with Crippen molar-refractivity contribution in [2.75, 3.05) is 25.5 Å². The van der Waals surface area contributed by atoms with Gasteiger partial charge in [-0.1, -0.05) is 72.6 Å². The van der Waals surface area contributed by atoms with E-state index in [0.29, 0.717) is 13.1 Å². The number of hydrogen-bond acceptors (Lipinski definition) is 14. The predicted octanol–water partition coefficient (Wildman–Crippen LogP) is 6.99. The topological polar surface area (TPSA) is 217 Å². The molecule has 5 bridgehead atoms. The first-order valence-electron chi connectivity index (χ1n) is 21.1. The number of phenolic OH excluding ortho intramolecular Hbond substituents is 3. The van der Waals surface area contributed by atoms with Crippen LogP contribution in [-0.2, 0) is 23.8 Å². The Hall–Kier alpha value is -5.12. The number of allylic oxidation sites excluding steroid dienone is 2. The molecule has 15 heteroatoms. The van der Waals surface area contributed by atoms with Crippen molar-refractivity contribution in [1.29, 1.82) is 0 Å². The van der Waals surface area contributed by atoms with Gasteiger partial charge < -0.3 is 49.8 Å². The summed E-state index contributed by atoms with van der Waals surface area (Å²) in [7, 11) is 1.44. The fourth-order valence-corrected chi connectivity index (χ4v) is 7.92. The highest BCUT2D eigenvalue weighted by atomic mass is 16.7. The molecular weight excluding hydrogens is 787 g/mol. The Bertz CT molecular complexity index is 2050. The molecule has 3 heterocycles. The first kappa shape index (κ1) is 48.5. The summed E-state index contributed by atoms with van der Waals surface area (Å²) in [6, 6.07) is 0. The lowest BCUT2D eigenvalue weighted by Gasteiger charge is -2.38. The molecule has 0 unspecified atom stereocenters. The van der Waals surface area contributed by atoms with Crippen LogP contribution in [0, 0.1) is 30.6 Å². The first-order valence-corrected chi connectivity index (χ1v) is 21.1. The lowest BCUT2D eigenvalue weighted by atomic mass is 9.78. The molecule has 0 saturated heterocycles. The SMILES string of the molecule is CCCCN(CCCC)/N=C/c1c2c(O)c3c(O)c(C)c4c(c3c1O)C(=O)[C@@](C)(O/C=C/[C@H](OC)[C@@H](C)[C@@H](OC(C)=O)[C@H](C)[C@H](O)[C@H](C)[C@@H](O)[C@@H](C)/C=C/C=C(\C)C(=O)N2)O4. The number of phenols is 3. The number of methoxy groups -OCH3 is 1. The van der Waals surface area contributed by atoms with E-state index < -0.39 is 88.8 Å². The molecule has 0 saturated carbocycles. The number of amides is 1. The van der Waals surface area contributed by atoms with E-state index in [9.17, 15) is 39.9 Å². The summed E-state index contributed by atoms with van der Waals surface area (Å²) in [5, 5.41) is 67.3. The quantitative estimate of drug-likeness (QED) is 0.0468. The second-order valence-corrected chi connectivity index (χ2v) is 16.5. The molecule has 3 aliphatic heterocycles. The van der Waals surface area contributed by atoms with E-state index in [4.69, 9.17) is 18.9 Å². The number of aromatic hydroxyl groups is 3. The van der Waals surface area contributed by atoms with Gasteiger partial charge in [-0.3, -0.25) is 19.4 Å². The molecule has 1 amide bonds. The fourth-order valence-electron chi connectivity index (χ4n) is 7.92. The number of esters is 1. The number of Topliss-reactive ketones (excluding diaryl/α,β-unsaturated/α-hetero) is 1. The highest BCUT2D eigenvalue weighted by Crippen LogP contribution is 2.55. The number of unbranched alkanes of at least 4 members (excludes halogenated alkanes) is 2. The van der Waals surface area contributed by atoms with Crippen LogP contribution in [-0.4, -0.2) is 105 Å². The van der Waals surface area contributed by atoms with Crippen LogP contribution in [0.2, 0.25) is 0 Å². The number of ketones is 1. The number of anilines is 1. The van der Waals surface area contributed by atoms with Crippen molar-refractivity contribution in [2.45, 2.75) is 125 Å². The van der Waals surface area contributed by atoms with E-state index in [1.807, 2.05) is 5.01 Å². The lowest BCUT2D eigenvalue weighted by molar-refractivity contribution is -0.160. The van der Waals surface area contributed by atoms with E-state index >= 15 is 0 Å². The number of hydrazone groups is 1. The maximum atomic E-state index is 14.5. The Morgan fingerprint density at radius 2 is 1.57 bits per heavy atom. The van der Waals surface area contributed by atoms with E-state index in [1.54, 1.807) is 39.8 Å². The molecule has 0 radical (unpaired) electrons. The summed E-state index contributed by atoms with van der Waals surface area (Å²) in [6.07, 6.45) is 8.39. The Labute approximate surface area is 358 Å². The number of benzene rings is 2. The van der Waals surface area contributed by atoms with Crippen molar-refractivity contribution in [3.8, 4) is 23.0 Å². The Morgan fingerprint density at radius 3 is 2.16 bits per heavy atom. The number of ether oxygens (including phenoxy) is 4. The maximum Gasteiger partial charge on any atom is 0.312 e. The number of hydrogen-bond donors (Lipinski definition) is 6. The number of rotatable bonds is 10. The highest BCUT2D eigenvalue weighted by Gasteiger charge is 2.50. The van der Waals surface area contributed by atoms with Gasteiger partial charge in [0.15, 0.2) is 5.75 Å². The van der Waals surface area contributed by atoms with Crippen LogP contribution in [0.3, 0.4) is 0 Å². The molecule has 336 valence electrons. The fraction of sp³-hybridized carbons (Fsp3) is 0.565. The minimum absolute atomic E-state index is 0.0586. The summed E-state index contributed by atoms with van der Waals surface area (Å²) in [5.41, 5.74) is -0.326. The normalized spacial score (nSPS) is 29.5. The van der Waals surface area contributed by atoms with Crippen LogP contribution in [0.15, 0.2) is 41.2 Å². The Balaban J connectivity index is 1.99. The Morgan fingerprint density at radius 1 is 0.934 bits per heavy atom. The molecule has 0 fully saturated rings. The first-order chi connectivity index (χ1) is 28.8. The summed E-state index contributed by atoms with van der Waals surface area (Å²) in [6.45, 7) is 17.9. The Kier molecular flexibility index (Phi) is 16.4. The molecule has 9 atom stereocenters. The van der Waals surface area contributed by atoms with E-state index in [0.717, 1.165) is 25.7 Å². The average Bonchev–Trinajstić information content (AvgIpc) is 3.49. The lowest BCUT2D eigenvalue weighted by Crippen LogP contribution is -2.46. The van der Waals surface area contributed by atoms with Crippen LogP contribution in [0.4, 0.5) is 5.69 Å². The number of aliphatic hydroxyl groups excluding tert-OH is 2. The molecule has 0 aliphatic carbocycles. The standard InChI is InChI=1S/C46H65N3O12/c1-12-14-20-49(21-15-13-2)47-23-31-36-41(55)34-33(40(31)54)35-43(29(8)39(34)53)61-46(10,44(35)56)59-22-19-32(58-11)26(5)42(60-30(9)50)28(7)38(52)27(6)37(51)24(3)17-16-18-25(4)45(57)48-36/h16-19,22-24,26-28,32,37-38,42,51-55H,12-15,20-21H2,1-11H3,(H,48,57)/b17-16+,22-19+,25-18+,47-23+/t24-,26+,27+,28+,32-,37-,38+,42+,46-/m0/s1. The summed E-state index contributed by atoms with van der Waals surface area (Å²) in [4.78, 5) is 40.7. The molecule has 0 spiro atoms. The number of nitrogens with zero attached hydrogens (tertiary/aromatic N) is 2. The molecule has 2 aromatic carbocycles. The molecule has 5 rings (SSSR count). The van der Waals surface area contributed by atoms with Crippen molar-refractivity contribution in [3.63, 3.8) is 0 Å². The van der Waals surface area contributed by atoms with Gasteiger partial charge in [-0.15, -0.1) is 0 Å². The van der Waals surface area contributed by atoms with Crippen LogP contribution < -0.4 is 10.1 Å². The molecule has 0 aromatic heterocycles. The summed E-state index contributed by atoms with van der Waals surface area (Å²) < 4.78 is 23.7. The van der Waals surface area contributed by atoms with Crippen molar-refractivity contribution in [1.82, 2.24) is 5.01 Å². The highest BCUT2D eigenvalue weighted by molar-refractivity contribution is 6.23. The second kappa shape index (κ2) is 20.6. The number of nitrogens with one attached hydrogen (secondary N) is 1. The van der Waals surface area contributed by atoms with Crippen LogP contribution in [0.1, 0.15) is 109 Å². The third kappa shape index (κ3) is 10.3. The van der Waals surface area contributed by atoms with Crippen LogP contribution >= 0.6 is 0 Å². The molecule has 15 nitrogen and oxygen atoms in total. The molecule has 2 aromatic rings. The zero-order valence-electron chi connectivity index (χ0n) is 37.3. The minimum Gasteiger partial charge on any atom is -0.507 e. The van der Waals surface area contributed by atoms with Gasteiger partial charge in [-0.2, -0.15) is 5.10 Å². The summed E-state index contributed by atoms with van der Waals surface area (Å²) in [5.74, 6) is -8.32. The van der Waals surface area contributed by atoms with E-state index in [2.05, 4.69) is 24.3 Å². The van der Waals surface area contributed by atoms with Gasteiger partial charge >= 0.3 is 11.8 Å². The number of fused-ring (bicyclic) bond motifs is 14.